The van der Waals surface area contributed by atoms with Crippen LogP contribution < -0.4 is 10.1 Å². The lowest BCUT2D eigenvalue weighted by Gasteiger charge is -2.26. The largest absolute Gasteiger partial charge is 0.487 e. The van der Waals surface area contributed by atoms with Crippen molar-refractivity contribution < 1.29 is 28.5 Å². The van der Waals surface area contributed by atoms with Crippen LogP contribution in [0.4, 0.5) is 14.5 Å². The maximum Gasteiger partial charge on any atom is 0.224 e. The summed E-state index contributed by atoms with van der Waals surface area (Å²) in [6.45, 7) is 1.21. The third-order valence-corrected chi connectivity index (χ3v) is 6.89. The SMILES string of the molecule is O=C1CCc2cc([C@H](O)CN3C[C@H]4C[C@H](Oc5ccccc5F)C[C@@]4(O)C3)cc(F)c2N1. The van der Waals surface area contributed by atoms with Crippen LogP contribution in [-0.4, -0.2) is 52.4 Å². The highest BCUT2D eigenvalue weighted by Crippen LogP contribution is 2.43. The molecule has 32 heavy (non-hydrogen) atoms. The van der Waals surface area contributed by atoms with E-state index in [1.54, 1.807) is 24.3 Å². The number of amides is 1. The summed E-state index contributed by atoms with van der Waals surface area (Å²) in [5.41, 5.74) is 0.384. The number of aliphatic hydroxyl groups excluding tert-OH is 1. The Bertz CT molecular complexity index is 1050. The zero-order valence-electron chi connectivity index (χ0n) is 17.6. The molecular weight excluding hydrogens is 418 g/mol. The Morgan fingerprint density at radius 1 is 1.22 bits per heavy atom. The molecule has 0 bridgehead atoms. The van der Waals surface area contributed by atoms with E-state index in [2.05, 4.69) is 5.32 Å². The van der Waals surface area contributed by atoms with Gasteiger partial charge in [-0.15, -0.1) is 0 Å². The Hall–Kier alpha value is -2.55. The zero-order chi connectivity index (χ0) is 22.5. The summed E-state index contributed by atoms with van der Waals surface area (Å²) < 4.78 is 34.1. The smallest absolute Gasteiger partial charge is 0.224 e. The molecule has 3 N–H and O–H groups in total. The molecule has 2 aromatic rings. The lowest BCUT2D eigenvalue weighted by atomic mass is 9.95. The van der Waals surface area contributed by atoms with Crippen molar-refractivity contribution in [2.24, 2.45) is 5.92 Å². The van der Waals surface area contributed by atoms with Crippen molar-refractivity contribution in [2.45, 2.75) is 43.5 Å². The van der Waals surface area contributed by atoms with Crippen molar-refractivity contribution in [3.63, 3.8) is 0 Å². The summed E-state index contributed by atoms with van der Waals surface area (Å²) in [7, 11) is 0. The minimum absolute atomic E-state index is 0.0399. The number of rotatable bonds is 5. The van der Waals surface area contributed by atoms with Gasteiger partial charge in [0.25, 0.3) is 0 Å². The molecule has 1 saturated carbocycles. The highest BCUT2D eigenvalue weighted by Gasteiger charge is 2.53. The molecule has 0 aromatic heterocycles. The first kappa shape index (κ1) is 21.3. The van der Waals surface area contributed by atoms with Crippen molar-refractivity contribution in [3.05, 3.63) is 59.2 Å². The van der Waals surface area contributed by atoms with Crippen LogP contribution in [0.5, 0.6) is 5.75 Å². The molecule has 1 aliphatic carbocycles. The predicted octanol–water partition coefficient (Wildman–Crippen LogP) is 2.79. The Morgan fingerprint density at radius 2 is 2.03 bits per heavy atom. The fraction of sp³-hybridized carbons (Fsp3) is 0.458. The molecule has 3 aliphatic rings. The van der Waals surface area contributed by atoms with Gasteiger partial charge in [-0.2, -0.15) is 0 Å². The number of benzene rings is 2. The van der Waals surface area contributed by atoms with Gasteiger partial charge in [-0.1, -0.05) is 18.2 Å². The van der Waals surface area contributed by atoms with E-state index in [4.69, 9.17) is 4.74 Å². The van der Waals surface area contributed by atoms with E-state index in [0.717, 1.165) is 0 Å². The average Bonchev–Trinajstić information content (AvgIpc) is 3.20. The summed E-state index contributed by atoms with van der Waals surface area (Å²) in [5, 5.41) is 24.4. The molecule has 0 spiro atoms. The van der Waals surface area contributed by atoms with E-state index in [1.807, 2.05) is 4.90 Å². The highest BCUT2D eigenvalue weighted by molar-refractivity contribution is 5.94. The van der Waals surface area contributed by atoms with Crippen LogP contribution in [0.2, 0.25) is 0 Å². The third-order valence-electron chi connectivity index (χ3n) is 6.89. The Morgan fingerprint density at radius 3 is 2.81 bits per heavy atom. The number of nitrogens with zero attached hydrogens (tertiary/aromatic N) is 1. The lowest BCUT2D eigenvalue weighted by Crippen LogP contribution is -2.36. The van der Waals surface area contributed by atoms with Gasteiger partial charge in [-0.25, -0.2) is 8.78 Å². The number of aryl methyl sites for hydroxylation is 1. The Kier molecular flexibility index (Phi) is 5.39. The zero-order valence-corrected chi connectivity index (χ0v) is 17.6. The van der Waals surface area contributed by atoms with Crippen molar-refractivity contribution in [1.29, 1.82) is 0 Å². The van der Waals surface area contributed by atoms with Crippen molar-refractivity contribution >= 4 is 11.6 Å². The quantitative estimate of drug-likeness (QED) is 0.661. The van der Waals surface area contributed by atoms with Crippen molar-refractivity contribution in [2.75, 3.05) is 25.0 Å². The minimum Gasteiger partial charge on any atom is -0.487 e. The molecule has 5 rings (SSSR count). The van der Waals surface area contributed by atoms with E-state index in [0.29, 0.717) is 49.9 Å². The van der Waals surface area contributed by atoms with Crippen LogP contribution >= 0.6 is 0 Å². The number of halogens is 2. The maximum atomic E-state index is 14.5. The van der Waals surface area contributed by atoms with E-state index in [9.17, 15) is 23.8 Å². The Balaban J connectivity index is 1.21. The van der Waals surface area contributed by atoms with Crippen molar-refractivity contribution in [1.82, 2.24) is 4.90 Å². The molecule has 2 aromatic carbocycles. The number of carbonyl (C=O) groups is 1. The van der Waals surface area contributed by atoms with Crippen molar-refractivity contribution in [3.8, 4) is 5.75 Å². The number of likely N-dealkylation sites (tertiary alicyclic amines) is 1. The second-order valence-corrected chi connectivity index (χ2v) is 9.21. The molecule has 0 radical (unpaired) electrons. The van der Waals surface area contributed by atoms with E-state index < -0.39 is 23.3 Å². The first-order valence-corrected chi connectivity index (χ1v) is 11.0. The first-order chi connectivity index (χ1) is 15.3. The van der Waals surface area contributed by atoms with Gasteiger partial charge in [0.15, 0.2) is 11.6 Å². The van der Waals surface area contributed by atoms with E-state index >= 15 is 0 Å². The molecule has 1 saturated heterocycles. The molecule has 2 fully saturated rings. The number of carbonyl (C=O) groups excluding carboxylic acids is 1. The first-order valence-electron chi connectivity index (χ1n) is 11.0. The van der Waals surface area contributed by atoms with Gasteiger partial charge in [0.2, 0.25) is 5.91 Å². The van der Waals surface area contributed by atoms with Crippen LogP contribution in [0.25, 0.3) is 0 Å². The number of hydrogen-bond donors (Lipinski definition) is 3. The second-order valence-electron chi connectivity index (χ2n) is 9.21. The van der Waals surface area contributed by atoms with Crippen LogP contribution in [0.3, 0.4) is 0 Å². The molecule has 0 unspecified atom stereocenters. The number of anilines is 1. The average molecular weight is 444 g/mol. The summed E-state index contributed by atoms with van der Waals surface area (Å²) in [5.74, 6) is -1.02. The lowest BCUT2D eigenvalue weighted by molar-refractivity contribution is -0.116. The number of hydrogen-bond acceptors (Lipinski definition) is 5. The van der Waals surface area contributed by atoms with Gasteiger partial charge in [-0.3, -0.25) is 9.69 Å². The molecule has 2 heterocycles. The van der Waals surface area contributed by atoms with Gasteiger partial charge in [-0.05, 0) is 42.2 Å². The summed E-state index contributed by atoms with van der Waals surface area (Å²) in [6, 6.07) is 9.25. The fourth-order valence-electron chi connectivity index (χ4n) is 5.35. The number of nitrogens with one attached hydrogen (secondary N) is 1. The van der Waals surface area contributed by atoms with Crippen LogP contribution in [0.15, 0.2) is 36.4 Å². The molecule has 8 heteroatoms. The topological polar surface area (TPSA) is 82.0 Å². The van der Waals surface area contributed by atoms with E-state index in [1.165, 1.54) is 12.1 Å². The van der Waals surface area contributed by atoms with Gasteiger partial charge in [0.1, 0.15) is 11.9 Å². The van der Waals surface area contributed by atoms with Gasteiger partial charge in [0, 0.05) is 38.4 Å². The molecule has 170 valence electrons. The normalized spacial score (nSPS) is 28.2. The summed E-state index contributed by atoms with van der Waals surface area (Å²) in [6.07, 6.45) is 0.548. The second kappa shape index (κ2) is 8.10. The third kappa shape index (κ3) is 3.98. The van der Waals surface area contributed by atoms with Crippen LogP contribution in [-0.2, 0) is 11.2 Å². The standard InChI is InChI=1S/C24H26F2N2O4/c25-18-3-1-2-4-21(18)32-17-9-16-11-28(13-24(16,31)10-17)12-20(29)15-7-14-5-6-22(30)27-23(14)19(26)8-15/h1-4,7-8,16-17,20,29,31H,5-6,9-13H2,(H,27,30)/t16-,17+,20-,24-/m1/s1. The van der Waals surface area contributed by atoms with Gasteiger partial charge >= 0.3 is 0 Å². The molecule has 4 atom stereocenters. The maximum absolute atomic E-state index is 14.5. The molecular formula is C24H26F2N2O4. The summed E-state index contributed by atoms with van der Waals surface area (Å²) >= 11 is 0. The number of fused-ring (bicyclic) bond motifs is 2. The molecule has 6 nitrogen and oxygen atoms in total. The minimum atomic E-state index is -0.957. The van der Waals surface area contributed by atoms with Crippen LogP contribution in [0, 0.1) is 17.6 Å². The number of ether oxygens (including phenoxy) is 1. The van der Waals surface area contributed by atoms with Gasteiger partial charge in [0.05, 0.1) is 17.4 Å². The monoisotopic (exact) mass is 444 g/mol. The number of β-amino-alcohol motifs (C(OH)–C–C–N with tert-alkyl or cyclic N) is 2. The molecule has 1 amide bonds. The number of para-hydroxylation sites is 1. The Labute approximate surface area is 184 Å². The highest BCUT2D eigenvalue weighted by atomic mass is 19.1. The molecule has 2 aliphatic heterocycles. The number of aliphatic hydroxyl groups is 2. The van der Waals surface area contributed by atoms with Gasteiger partial charge < -0.3 is 20.3 Å². The predicted molar refractivity (Wildman–Crippen MR) is 113 cm³/mol. The summed E-state index contributed by atoms with van der Waals surface area (Å²) in [4.78, 5) is 13.5. The van der Waals surface area contributed by atoms with E-state index in [-0.39, 0.29) is 35.9 Å². The van der Waals surface area contributed by atoms with Crippen LogP contribution in [0.1, 0.15) is 36.5 Å². The fourth-order valence-corrected chi connectivity index (χ4v) is 5.35.